The SMILES string of the molecule is Cc1ccc(S(=O)(=O)N2CCC(C(N)=O)CC2)c(Cl)c1. The van der Waals surface area contributed by atoms with Crippen molar-refractivity contribution in [2.45, 2.75) is 24.7 Å². The number of halogens is 1. The first-order valence-electron chi connectivity index (χ1n) is 6.38. The van der Waals surface area contributed by atoms with Gasteiger partial charge in [-0.05, 0) is 37.5 Å². The highest BCUT2D eigenvalue weighted by Gasteiger charge is 2.32. The van der Waals surface area contributed by atoms with Crippen molar-refractivity contribution >= 4 is 27.5 Å². The number of aryl methyl sites for hydroxylation is 1. The molecule has 20 heavy (non-hydrogen) atoms. The average molecular weight is 317 g/mol. The normalized spacial score (nSPS) is 18.1. The second kappa shape index (κ2) is 5.71. The number of rotatable bonds is 3. The molecule has 0 saturated carbocycles. The minimum Gasteiger partial charge on any atom is -0.369 e. The van der Waals surface area contributed by atoms with E-state index in [1.54, 1.807) is 12.1 Å². The lowest BCUT2D eigenvalue weighted by atomic mass is 9.98. The summed E-state index contributed by atoms with van der Waals surface area (Å²) in [4.78, 5) is 11.2. The third-order valence-corrected chi connectivity index (χ3v) is 5.94. The van der Waals surface area contributed by atoms with Gasteiger partial charge in [-0.3, -0.25) is 4.79 Å². The van der Waals surface area contributed by atoms with E-state index in [9.17, 15) is 13.2 Å². The number of sulfonamides is 1. The Morgan fingerprint density at radius 3 is 2.45 bits per heavy atom. The van der Waals surface area contributed by atoms with Gasteiger partial charge in [-0.2, -0.15) is 4.31 Å². The highest BCUT2D eigenvalue weighted by molar-refractivity contribution is 7.89. The molecule has 1 fully saturated rings. The van der Waals surface area contributed by atoms with E-state index in [1.807, 2.05) is 6.92 Å². The van der Waals surface area contributed by atoms with Crippen LogP contribution < -0.4 is 5.73 Å². The molecule has 0 atom stereocenters. The van der Waals surface area contributed by atoms with E-state index in [-0.39, 0.29) is 21.7 Å². The first-order valence-corrected chi connectivity index (χ1v) is 8.20. The fourth-order valence-electron chi connectivity index (χ4n) is 2.33. The van der Waals surface area contributed by atoms with Gasteiger partial charge in [0.15, 0.2) is 0 Å². The zero-order chi connectivity index (χ0) is 14.9. The molecule has 2 N–H and O–H groups in total. The van der Waals surface area contributed by atoms with Crippen molar-refractivity contribution in [1.82, 2.24) is 4.31 Å². The summed E-state index contributed by atoms with van der Waals surface area (Å²) < 4.78 is 26.4. The topological polar surface area (TPSA) is 80.5 Å². The van der Waals surface area contributed by atoms with Crippen molar-refractivity contribution < 1.29 is 13.2 Å². The molecule has 1 aromatic carbocycles. The maximum absolute atomic E-state index is 12.5. The molecule has 1 heterocycles. The van der Waals surface area contributed by atoms with Gasteiger partial charge >= 0.3 is 0 Å². The summed E-state index contributed by atoms with van der Waals surface area (Å²) in [5.41, 5.74) is 6.15. The molecule has 110 valence electrons. The van der Waals surface area contributed by atoms with Crippen LogP contribution in [0.4, 0.5) is 0 Å². The summed E-state index contributed by atoms with van der Waals surface area (Å²) in [6.07, 6.45) is 0.913. The average Bonchev–Trinajstić information content (AvgIpc) is 2.38. The van der Waals surface area contributed by atoms with E-state index in [2.05, 4.69) is 0 Å². The van der Waals surface area contributed by atoms with Gasteiger partial charge in [0, 0.05) is 19.0 Å². The lowest BCUT2D eigenvalue weighted by Gasteiger charge is -2.30. The van der Waals surface area contributed by atoms with Crippen molar-refractivity contribution in [3.05, 3.63) is 28.8 Å². The van der Waals surface area contributed by atoms with Crippen molar-refractivity contribution in [3.63, 3.8) is 0 Å². The van der Waals surface area contributed by atoms with Crippen LogP contribution in [-0.4, -0.2) is 31.7 Å². The summed E-state index contributed by atoms with van der Waals surface area (Å²) >= 11 is 6.03. The maximum Gasteiger partial charge on any atom is 0.244 e. The number of nitrogens with zero attached hydrogens (tertiary/aromatic N) is 1. The molecule has 0 aliphatic carbocycles. The predicted molar refractivity (Wildman–Crippen MR) is 76.9 cm³/mol. The van der Waals surface area contributed by atoms with Crippen molar-refractivity contribution in [2.24, 2.45) is 11.7 Å². The Bertz CT molecular complexity index is 623. The van der Waals surface area contributed by atoms with Crippen LogP contribution in [0.15, 0.2) is 23.1 Å². The van der Waals surface area contributed by atoms with Gasteiger partial charge in [0.25, 0.3) is 0 Å². The van der Waals surface area contributed by atoms with E-state index >= 15 is 0 Å². The fourth-order valence-corrected chi connectivity index (χ4v) is 4.38. The van der Waals surface area contributed by atoms with Gasteiger partial charge in [-0.25, -0.2) is 8.42 Å². The lowest BCUT2D eigenvalue weighted by Crippen LogP contribution is -2.41. The van der Waals surface area contributed by atoms with Gasteiger partial charge in [-0.1, -0.05) is 17.7 Å². The van der Waals surface area contributed by atoms with Gasteiger partial charge in [0.2, 0.25) is 15.9 Å². The molecule has 5 nitrogen and oxygen atoms in total. The number of piperidine rings is 1. The third kappa shape index (κ3) is 2.97. The minimum atomic E-state index is -3.61. The minimum absolute atomic E-state index is 0.113. The van der Waals surface area contributed by atoms with Crippen LogP contribution in [0.2, 0.25) is 5.02 Å². The standard InChI is InChI=1S/C13H17ClN2O3S/c1-9-2-3-12(11(14)8-9)20(18,19)16-6-4-10(5-7-16)13(15)17/h2-3,8,10H,4-7H2,1H3,(H2,15,17). The molecule has 0 aromatic heterocycles. The Morgan fingerprint density at radius 2 is 1.95 bits per heavy atom. The Morgan fingerprint density at radius 1 is 1.35 bits per heavy atom. The van der Waals surface area contributed by atoms with E-state index < -0.39 is 10.0 Å². The molecule has 0 radical (unpaired) electrons. The molecule has 1 amide bonds. The van der Waals surface area contributed by atoms with Crippen LogP contribution in [0, 0.1) is 12.8 Å². The predicted octanol–water partition coefficient (Wildman–Crippen LogP) is 1.53. The first kappa shape index (κ1) is 15.3. The summed E-state index contributed by atoms with van der Waals surface area (Å²) in [5, 5.41) is 0.224. The molecule has 1 aliphatic rings. The molecule has 2 rings (SSSR count). The highest BCUT2D eigenvalue weighted by Crippen LogP contribution is 2.28. The Balaban J connectivity index is 2.22. The van der Waals surface area contributed by atoms with E-state index in [0.717, 1.165) is 5.56 Å². The van der Waals surface area contributed by atoms with E-state index in [0.29, 0.717) is 25.9 Å². The van der Waals surface area contributed by atoms with Gasteiger partial charge in [0.05, 0.1) is 5.02 Å². The number of hydrogen-bond donors (Lipinski definition) is 1. The van der Waals surface area contributed by atoms with Crippen LogP contribution in [0.5, 0.6) is 0 Å². The van der Waals surface area contributed by atoms with Crippen LogP contribution in [0.3, 0.4) is 0 Å². The molecule has 1 aliphatic heterocycles. The first-order chi connectivity index (χ1) is 9.32. The van der Waals surface area contributed by atoms with Crippen molar-refractivity contribution in [1.29, 1.82) is 0 Å². The smallest absolute Gasteiger partial charge is 0.244 e. The molecule has 1 aromatic rings. The van der Waals surface area contributed by atoms with Crippen LogP contribution in [0.25, 0.3) is 0 Å². The van der Waals surface area contributed by atoms with Crippen molar-refractivity contribution in [2.75, 3.05) is 13.1 Å². The lowest BCUT2D eigenvalue weighted by molar-refractivity contribution is -0.122. The van der Waals surface area contributed by atoms with Crippen LogP contribution in [0.1, 0.15) is 18.4 Å². The number of hydrogen-bond acceptors (Lipinski definition) is 3. The second-order valence-electron chi connectivity index (χ2n) is 5.01. The summed E-state index contributed by atoms with van der Waals surface area (Å²) in [5.74, 6) is -0.606. The van der Waals surface area contributed by atoms with Crippen LogP contribution in [-0.2, 0) is 14.8 Å². The highest BCUT2D eigenvalue weighted by atomic mass is 35.5. The number of benzene rings is 1. The molecular weight excluding hydrogens is 300 g/mol. The van der Waals surface area contributed by atoms with Gasteiger partial charge < -0.3 is 5.73 Å². The van der Waals surface area contributed by atoms with E-state index in [1.165, 1.54) is 10.4 Å². The Labute approximate surface area is 123 Å². The monoisotopic (exact) mass is 316 g/mol. The molecule has 0 spiro atoms. The summed E-state index contributed by atoms with van der Waals surface area (Å²) in [7, 11) is -3.61. The Hall–Kier alpha value is -1.11. The summed E-state index contributed by atoms with van der Waals surface area (Å²) in [6.45, 7) is 2.43. The van der Waals surface area contributed by atoms with Crippen molar-refractivity contribution in [3.8, 4) is 0 Å². The number of carbonyl (C=O) groups is 1. The fraction of sp³-hybridized carbons (Fsp3) is 0.462. The molecule has 0 unspecified atom stereocenters. The zero-order valence-corrected chi connectivity index (χ0v) is 12.7. The molecule has 7 heteroatoms. The molecule has 0 bridgehead atoms. The number of carbonyl (C=O) groups excluding carboxylic acids is 1. The van der Waals surface area contributed by atoms with E-state index in [4.69, 9.17) is 17.3 Å². The maximum atomic E-state index is 12.5. The number of nitrogens with two attached hydrogens (primary N) is 1. The largest absolute Gasteiger partial charge is 0.369 e. The molecule has 1 saturated heterocycles. The quantitative estimate of drug-likeness (QED) is 0.918. The number of amides is 1. The van der Waals surface area contributed by atoms with Gasteiger partial charge in [0.1, 0.15) is 4.90 Å². The zero-order valence-electron chi connectivity index (χ0n) is 11.2. The Kier molecular flexibility index (Phi) is 4.36. The summed E-state index contributed by atoms with van der Waals surface area (Å²) in [6, 6.07) is 4.87. The third-order valence-electron chi connectivity index (χ3n) is 3.56. The number of primary amides is 1. The van der Waals surface area contributed by atoms with Gasteiger partial charge in [-0.15, -0.1) is 0 Å². The van der Waals surface area contributed by atoms with Crippen LogP contribution >= 0.6 is 11.6 Å². The second-order valence-corrected chi connectivity index (χ2v) is 7.33. The molecular formula is C13H17ClN2O3S.